The fourth-order valence-corrected chi connectivity index (χ4v) is 3.20. The summed E-state index contributed by atoms with van der Waals surface area (Å²) in [5, 5.41) is 3.36. The van der Waals surface area contributed by atoms with Gasteiger partial charge in [0, 0.05) is 18.3 Å². The predicted molar refractivity (Wildman–Crippen MR) is 81.1 cm³/mol. The van der Waals surface area contributed by atoms with Crippen LogP contribution in [0.15, 0.2) is 41.4 Å². The molecule has 5 nitrogen and oxygen atoms in total. The standard InChI is InChI=1S/C12H11Cl2N3O2S/c1-15-12-11(3-2-6-16-12)20(18,19)17-10-7-8(13)4-5-9(10)14/h2-7,17H,1H3,(H,15,16). The zero-order valence-corrected chi connectivity index (χ0v) is 12.7. The number of anilines is 2. The van der Waals surface area contributed by atoms with Gasteiger partial charge < -0.3 is 5.32 Å². The Hall–Kier alpha value is -1.50. The molecule has 1 aromatic heterocycles. The lowest BCUT2D eigenvalue weighted by atomic mass is 10.3. The number of pyridine rings is 1. The molecule has 0 atom stereocenters. The highest BCUT2D eigenvalue weighted by atomic mass is 35.5. The molecule has 20 heavy (non-hydrogen) atoms. The summed E-state index contributed by atoms with van der Waals surface area (Å²) in [5.41, 5.74) is 0.213. The SMILES string of the molecule is CNc1ncccc1S(=O)(=O)Nc1cc(Cl)ccc1Cl. The van der Waals surface area contributed by atoms with Gasteiger partial charge in [-0.1, -0.05) is 23.2 Å². The first-order valence-electron chi connectivity index (χ1n) is 5.54. The van der Waals surface area contributed by atoms with Gasteiger partial charge in [-0.3, -0.25) is 4.72 Å². The molecule has 0 saturated carbocycles. The van der Waals surface area contributed by atoms with E-state index in [1.165, 1.54) is 30.5 Å². The highest BCUT2D eigenvalue weighted by molar-refractivity contribution is 7.92. The van der Waals surface area contributed by atoms with Crippen LogP contribution in [-0.4, -0.2) is 20.4 Å². The van der Waals surface area contributed by atoms with Crippen LogP contribution in [0.4, 0.5) is 11.5 Å². The summed E-state index contributed by atoms with van der Waals surface area (Å²) >= 11 is 11.8. The van der Waals surface area contributed by atoms with E-state index in [1.54, 1.807) is 13.1 Å². The highest BCUT2D eigenvalue weighted by Gasteiger charge is 2.20. The molecular formula is C12H11Cl2N3O2S. The van der Waals surface area contributed by atoms with E-state index < -0.39 is 10.0 Å². The molecule has 1 heterocycles. The van der Waals surface area contributed by atoms with Gasteiger partial charge in [-0.25, -0.2) is 13.4 Å². The molecule has 0 aliphatic heterocycles. The Kier molecular flexibility index (Phi) is 4.37. The van der Waals surface area contributed by atoms with Crippen LogP contribution < -0.4 is 10.0 Å². The number of aromatic nitrogens is 1. The smallest absolute Gasteiger partial charge is 0.265 e. The summed E-state index contributed by atoms with van der Waals surface area (Å²) < 4.78 is 27.1. The van der Waals surface area contributed by atoms with E-state index in [-0.39, 0.29) is 21.4 Å². The number of hydrogen-bond acceptors (Lipinski definition) is 4. The minimum Gasteiger partial charge on any atom is -0.372 e. The Morgan fingerprint density at radius 3 is 2.65 bits per heavy atom. The summed E-state index contributed by atoms with van der Waals surface area (Å²) in [6.45, 7) is 0. The molecule has 0 spiro atoms. The van der Waals surface area contributed by atoms with E-state index in [1.807, 2.05) is 0 Å². The quantitative estimate of drug-likeness (QED) is 0.902. The van der Waals surface area contributed by atoms with Gasteiger partial charge in [-0.05, 0) is 30.3 Å². The summed E-state index contributed by atoms with van der Waals surface area (Å²) in [7, 11) is -2.22. The lowest BCUT2D eigenvalue weighted by Gasteiger charge is -2.12. The summed E-state index contributed by atoms with van der Waals surface area (Å²) in [6.07, 6.45) is 1.50. The zero-order valence-electron chi connectivity index (χ0n) is 10.4. The Labute approximate surface area is 127 Å². The van der Waals surface area contributed by atoms with Crippen molar-refractivity contribution in [1.29, 1.82) is 0 Å². The Morgan fingerprint density at radius 1 is 1.20 bits per heavy atom. The molecule has 1 aromatic carbocycles. The van der Waals surface area contributed by atoms with Gasteiger partial charge in [-0.15, -0.1) is 0 Å². The van der Waals surface area contributed by atoms with Crippen LogP contribution in [0.1, 0.15) is 0 Å². The van der Waals surface area contributed by atoms with Crippen LogP contribution in [0.3, 0.4) is 0 Å². The first-order chi connectivity index (χ1) is 9.44. The number of nitrogens with zero attached hydrogens (tertiary/aromatic N) is 1. The van der Waals surface area contributed by atoms with Crippen LogP contribution in [0.25, 0.3) is 0 Å². The van der Waals surface area contributed by atoms with Crippen molar-refractivity contribution in [2.24, 2.45) is 0 Å². The number of nitrogens with one attached hydrogen (secondary N) is 2. The molecule has 106 valence electrons. The fourth-order valence-electron chi connectivity index (χ4n) is 1.57. The normalized spacial score (nSPS) is 11.2. The molecule has 2 aromatic rings. The maximum atomic E-state index is 12.4. The fraction of sp³-hybridized carbons (Fsp3) is 0.0833. The molecule has 8 heteroatoms. The lowest BCUT2D eigenvalue weighted by Crippen LogP contribution is -2.15. The van der Waals surface area contributed by atoms with Crippen molar-refractivity contribution in [2.75, 3.05) is 17.1 Å². The topological polar surface area (TPSA) is 71.1 Å². The molecule has 0 radical (unpaired) electrons. The summed E-state index contributed by atoms with van der Waals surface area (Å²) in [4.78, 5) is 3.98. The third-order valence-electron chi connectivity index (χ3n) is 2.47. The second kappa shape index (κ2) is 5.87. The van der Waals surface area contributed by atoms with Crippen molar-refractivity contribution in [3.63, 3.8) is 0 Å². The monoisotopic (exact) mass is 331 g/mol. The largest absolute Gasteiger partial charge is 0.372 e. The van der Waals surface area contributed by atoms with Gasteiger partial charge in [0.25, 0.3) is 10.0 Å². The highest BCUT2D eigenvalue weighted by Crippen LogP contribution is 2.28. The number of hydrogen-bond donors (Lipinski definition) is 2. The van der Waals surface area contributed by atoms with E-state index in [2.05, 4.69) is 15.0 Å². The van der Waals surface area contributed by atoms with Gasteiger partial charge in [0.2, 0.25) is 0 Å². The number of sulfonamides is 1. The molecule has 0 saturated heterocycles. The minimum absolute atomic E-state index is 0.0264. The van der Waals surface area contributed by atoms with Gasteiger partial charge in [0.15, 0.2) is 0 Å². The molecule has 0 fully saturated rings. The summed E-state index contributed by atoms with van der Waals surface area (Å²) in [6, 6.07) is 7.51. The second-order valence-corrected chi connectivity index (χ2v) is 6.32. The zero-order chi connectivity index (χ0) is 14.8. The molecule has 0 aliphatic rings. The molecule has 0 unspecified atom stereocenters. The van der Waals surface area contributed by atoms with Crippen LogP contribution in [0.2, 0.25) is 10.0 Å². The van der Waals surface area contributed by atoms with Crippen molar-refractivity contribution in [1.82, 2.24) is 4.98 Å². The van der Waals surface area contributed by atoms with Gasteiger partial charge in [-0.2, -0.15) is 0 Å². The van der Waals surface area contributed by atoms with Gasteiger partial charge in [0.05, 0.1) is 10.7 Å². The van der Waals surface area contributed by atoms with Gasteiger partial charge in [0.1, 0.15) is 10.7 Å². The minimum atomic E-state index is -3.81. The Bertz CT molecular complexity index is 735. The van der Waals surface area contributed by atoms with Crippen LogP contribution in [0, 0.1) is 0 Å². The first kappa shape index (κ1) is 14.9. The molecule has 0 amide bonds. The molecular weight excluding hydrogens is 321 g/mol. The van der Waals surface area contributed by atoms with E-state index in [9.17, 15) is 8.42 Å². The second-order valence-electron chi connectivity index (χ2n) is 3.83. The average molecular weight is 332 g/mol. The third kappa shape index (κ3) is 3.15. The van der Waals surface area contributed by atoms with Crippen molar-refractivity contribution in [2.45, 2.75) is 4.90 Å². The van der Waals surface area contributed by atoms with Crippen molar-refractivity contribution in [3.8, 4) is 0 Å². The average Bonchev–Trinajstić information content (AvgIpc) is 2.42. The number of rotatable bonds is 4. The van der Waals surface area contributed by atoms with Crippen LogP contribution >= 0.6 is 23.2 Å². The van der Waals surface area contributed by atoms with Crippen LogP contribution in [-0.2, 0) is 10.0 Å². The third-order valence-corrected chi connectivity index (χ3v) is 4.43. The van der Waals surface area contributed by atoms with Gasteiger partial charge >= 0.3 is 0 Å². The van der Waals surface area contributed by atoms with E-state index in [0.717, 1.165) is 0 Å². The Morgan fingerprint density at radius 2 is 1.95 bits per heavy atom. The first-order valence-corrected chi connectivity index (χ1v) is 7.78. The van der Waals surface area contributed by atoms with E-state index in [4.69, 9.17) is 23.2 Å². The van der Waals surface area contributed by atoms with Crippen molar-refractivity contribution < 1.29 is 8.42 Å². The summed E-state index contributed by atoms with van der Waals surface area (Å²) in [5.74, 6) is 0.248. The molecule has 2 N–H and O–H groups in total. The number of benzene rings is 1. The maximum absolute atomic E-state index is 12.4. The maximum Gasteiger partial charge on any atom is 0.265 e. The van der Waals surface area contributed by atoms with E-state index in [0.29, 0.717) is 5.02 Å². The Balaban J connectivity index is 2.43. The number of halogens is 2. The predicted octanol–water partition coefficient (Wildman–Crippen LogP) is 3.23. The van der Waals surface area contributed by atoms with Crippen molar-refractivity contribution >= 4 is 44.7 Å². The molecule has 0 aliphatic carbocycles. The van der Waals surface area contributed by atoms with Crippen molar-refractivity contribution in [3.05, 3.63) is 46.6 Å². The lowest BCUT2D eigenvalue weighted by molar-refractivity contribution is 0.601. The molecule has 2 rings (SSSR count). The van der Waals surface area contributed by atoms with E-state index >= 15 is 0 Å². The van der Waals surface area contributed by atoms with Crippen LogP contribution in [0.5, 0.6) is 0 Å². The molecule has 0 bridgehead atoms.